The molecule has 0 atom stereocenters. The number of hydrazone groups is 1. The Morgan fingerprint density at radius 2 is 1.96 bits per heavy atom. The molecule has 2 amide bonds. The van der Waals surface area contributed by atoms with Crippen molar-refractivity contribution in [2.75, 3.05) is 26.5 Å². The Morgan fingerprint density at radius 3 is 2.68 bits per heavy atom. The molecule has 2 aromatic rings. The molecule has 0 bridgehead atoms. The Morgan fingerprint density at radius 1 is 1.18 bits per heavy atom. The highest BCUT2D eigenvalue weighted by Gasteiger charge is 2.28. The lowest BCUT2D eigenvalue weighted by Crippen LogP contribution is -2.33. The topological polar surface area (TPSA) is 80.2 Å². The lowest BCUT2D eigenvalue weighted by Gasteiger charge is -2.16. The fourth-order valence-electron chi connectivity index (χ4n) is 2.73. The predicted molar refractivity (Wildman–Crippen MR) is 109 cm³/mol. The first-order valence-corrected chi connectivity index (χ1v) is 9.68. The Labute approximate surface area is 167 Å². The molecule has 0 unspecified atom stereocenters. The fraction of sp³-hybridized carbons (Fsp3) is 0.250. The zero-order valence-corrected chi connectivity index (χ0v) is 16.5. The molecule has 3 rings (SSSR count). The van der Waals surface area contributed by atoms with Crippen LogP contribution in [0.4, 0.5) is 0 Å². The van der Waals surface area contributed by atoms with Gasteiger partial charge in [-0.25, -0.2) is 5.43 Å². The van der Waals surface area contributed by atoms with Crippen LogP contribution in [-0.4, -0.2) is 48.4 Å². The number of hydrogen-bond acceptors (Lipinski definition) is 6. The molecule has 8 heteroatoms. The molecule has 1 saturated heterocycles. The van der Waals surface area contributed by atoms with Crippen molar-refractivity contribution in [2.24, 2.45) is 5.10 Å². The Balaban J connectivity index is 1.68. The summed E-state index contributed by atoms with van der Waals surface area (Å²) < 4.78 is 10.4. The number of hydrogen-bond donors (Lipinski definition) is 1. The van der Waals surface area contributed by atoms with Crippen LogP contribution in [0, 0.1) is 0 Å². The first-order valence-electron chi connectivity index (χ1n) is 8.69. The molecule has 1 aliphatic heterocycles. The number of carbonyl (C=O) groups is 2. The van der Waals surface area contributed by atoms with E-state index in [2.05, 4.69) is 10.5 Å². The molecule has 2 aromatic carbocycles. The van der Waals surface area contributed by atoms with E-state index >= 15 is 0 Å². The van der Waals surface area contributed by atoms with Crippen molar-refractivity contribution in [3.8, 4) is 11.5 Å². The largest absolute Gasteiger partial charge is 0.497 e. The van der Waals surface area contributed by atoms with E-state index in [-0.39, 0.29) is 5.91 Å². The lowest BCUT2D eigenvalue weighted by atomic mass is 10.1. The second-order valence-corrected chi connectivity index (χ2v) is 6.91. The molecule has 0 radical (unpaired) electrons. The van der Waals surface area contributed by atoms with Crippen molar-refractivity contribution in [1.29, 1.82) is 0 Å². The highest BCUT2D eigenvalue weighted by molar-refractivity contribution is 8.15. The molecule has 7 nitrogen and oxygen atoms in total. The van der Waals surface area contributed by atoms with Gasteiger partial charge in [-0.15, -0.1) is 5.10 Å². The van der Waals surface area contributed by atoms with Crippen molar-refractivity contribution in [3.05, 3.63) is 59.7 Å². The van der Waals surface area contributed by atoms with E-state index in [9.17, 15) is 9.59 Å². The van der Waals surface area contributed by atoms with Crippen molar-refractivity contribution in [1.82, 2.24) is 10.3 Å². The van der Waals surface area contributed by atoms with E-state index < -0.39 is 5.91 Å². The summed E-state index contributed by atoms with van der Waals surface area (Å²) in [4.78, 5) is 26.3. The van der Waals surface area contributed by atoms with Gasteiger partial charge in [0.15, 0.2) is 5.17 Å². The maximum atomic E-state index is 12.5. The summed E-state index contributed by atoms with van der Waals surface area (Å²) in [7, 11) is 3.02. The van der Waals surface area contributed by atoms with E-state index in [1.165, 1.54) is 18.9 Å². The first kappa shape index (κ1) is 19.8. The number of nitrogens with one attached hydrogen (secondary N) is 1. The molecular formula is C20H21N3O4S. The maximum Gasteiger partial charge on any atom is 0.275 e. The smallest absolute Gasteiger partial charge is 0.275 e. The van der Waals surface area contributed by atoms with Crippen LogP contribution in [-0.2, 0) is 11.2 Å². The summed E-state index contributed by atoms with van der Waals surface area (Å²) in [5, 5.41) is 4.65. The zero-order valence-electron chi connectivity index (χ0n) is 15.7. The van der Waals surface area contributed by atoms with E-state index in [4.69, 9.17) is 9.47 Å². The van der Waals surface area contributed by atoms with E-state index in [0.717, 1.165) is 5.56 Å². The van der Waals surface area contributed by atoms with Gasteiger partial charge in [-0.05, 0) is 24.1 Å². The third-order valence-electron chi connectivity index (χ3n) is 4.23. The van der Waals surface area contributed by atoms with Crippen LogP contribution < -0.4 is 14.9 Å². The number of nitrogens with zero attached hydrogens (tertiary/aromatic N) is 2. The van der Waals surface area contributed by atoms with Crippen LogP contribution in [0.2, 0.25) is 0 Å². The van der Waals surface area contributed by atoms with Gasteiger partial charge in [-0.3, -0.25) is 14.5 Å². The highest BCUT2D eigenvalue weighted by Crippen LogP contribution is 2.25. The molecule has 28 heavy (non-hydrogen) atoms. The monoisotopic (exact) mass is 399 g/mol. The quantitative estimate of drug-likeness (QED) is 0.724. The number of thioether (sulfide) groups is 1. The van der Waals surface area contributed by atoms with Crippen LogP contribution in [0.25, 0.3) is 0 Å². The van der Waals surface area contributed by atoms with Gasteiger partial charge in [0, 0.05) is 12.6 Å². The van der Waals surface area contributed by atoms with Crippen molar-refractivity contribution < 1.29 is 19.1 Å². The summed E-state index contributed by atoms with van der Waals surface area (Å²) in [6.45, 7) is 0.510. The third-order valence-corrected chi connectivity index (χ3v) is 5.19. The van der Waals surface area contributed by atoms with Crippen molar-refractivity contribution in [2.45, 2.75) is 6.42 Å². The van der Waals surface area contributed by atoms with Gasteiger partial charge in [-0.1, -0.05) is 42.1 Å². The minimum Gasteiger partial charge on any atom is -0.497 e. The van der Waals surface area contributed by atoms with Gasteiger partial charge in [0.05, 0.1) is 25.5 Å². The number of ether oxygens (including phenoxy) is 2. The maximum absolute atomic E-state index is 12.5. The molecule has 1 aliphatic rings. The second kappa shape index (κ2) is 9.27. The molecule has 146 valence electrons. The summed E-state index contributed by atoms with van der Waals surface area (Å²) in [6, 6.07) is 14.8. The van der Waals surface area contributed by atoms with Crippen LogP contribution in [0.5, 0.6) is 11.5 Å². The molecule has 0 aromatic heterocycles. The number of amidine groups is 1. The number of amides is 2. The summed E-state index contributed by atoms with van der Waals surface area (Å²) in [5.41, 5.74) is 3.98. The normalized spacial score (nSPS) is 15.0. The van der Waals surface area contributed by atoms with Crippen LogP contribution in [0.1, 0.15) is 15.9 Å². The number of methoxy groups -OCH3 is 2. The summed E-state index contributed by atoms with van der Waals surface area (Å²) in [5.74, 6) is 0.845. The molecule has 1 fully saturated rings. The number of carbonyl (C=O) groups excluding carboxylic acids is 2. The van der Waals surface area contributed by atoms with Crippen molar-refractivity contribution in [3.63, 3.8) is 0 Å². The highest BCUT2D eigenvalue weighted by atomic mass is 32.2. The second-order valence-electron chi connectivity index (χ2n) is 5.97. The Hall–Kier alpha value is -3.00. The van der Waals surface area contributed by atoms with Gasteiger partial charge >= 0.3 is 0 Å². The Bertz CT molecular complexity index is 886. The lowest BCUT2D eigenvalue weighted by molar-refractivity contribution is -0.124. The summed E-state index contributed by atoms with van der Waals surface area (Å²) in [6.07, 6.45) is 0.715. The number of benzene rings is 2. The van der Waals surface area contributed by atoms with Crippen LogP contribution in [0.15, 0.2) is 53.6 Å². The number of rotatable bonds is 7. The van der Waals surface area contributed by atoms with E-state index in [1.807, 2.05) is 30.3 Å². The van der Waals surface area contributed by atoms with Crippen LogP contribution in [0.3, 0.4) is 0 Å². The first-order chi connectivity index (χ1) is 13.6. The van der Waals surface area contributed by atoms with Gasteiger partial charge < -0.3 is 9.47 Å². The Kier molecular flexibility index (Phi) is 6.54. The third kappa shape index (κ3) is 4.64. The van der Waals surface area contributed by atoms with E-state index in [1.54, 1.807) is 30.2 Å². The van der Waals surface area contributed by atoms with Gasteiger partial charge in [0.2, 0.25) is 5.91 Å². The van der Waals surface area contributed by atoms with Crippen LogP contribution >= 0.6 is 11.8 Å². The minimum absolute atomic E-state index is 0.0176. The SMILES string of the molecule is COc1ccc(C(=O)N/N=C2/SCC(=O)N2CCc2ccccc2)c(OC)c1. The molecule has 1 N–H and O–H groups in total. The van der Waals surface area contributed by atoms with Gasteiger partial charge in [0.1, 0.15) is 11.5 Å². The molecular weight excluding hydrogens is 378 g/mol. The summed E-state index contributed by atoms with van der Waals surface area (Å²) >= 11 is 1.31. The predicted octanol–water partition coefficient (Wildman–Crippen LogP) is 2.52. The molecule has 1 heterocycles. The molecule has 0 aliphatic carbocycles. The van der Waals surface area contributed by atoms with Gasteiger partial charge in [-0.2, -0.15) is 0 Å². The van der Waals surface area contributed by atoms with E-state index in [0.29, 0.717) is 40.9 Å². The zero-order chi connectivity index (χ0) is 19.9. The average molecular weight is 399 g/mol. The average Bonchev–Trinajstić information content (AvgIpc) is 3.10. The molecule has 0 saturated carbocycles. The standard InChI is InChI=1S/C20H21N3O4S/c1-26-15-8-9-16(17(12-15)27-2)19(25)21-22-20-23(18(24)13-28-20)11-10-14-6-4-3-5-7-14/h3-9,12H,10-11,13H2,1-2H3,(H,21,25)/b22-20+. The van der Waals surface area contributed by atoms with Gasteiger partial charge in [0.25, 0.3) is 5.91 Å². The molecule has 0 spiro atoms. The minimum atomic E-state index is -0.421. The van der Waals surface area contributed by atoms with Crippen molar-refractivity contribution >= 4 is 28.7 Å². The fourth-order valence-corrected chi connectivity index (χ4v) is 3.60.